The Balaban J connectivity index is 1.55. The first kappa shape index (κ1) is 19.2. The number of hydrogen-bond acceptors (Lipinski definition) is 4. The molecule has 0 saturated carbocycles. The first-order valence-electron chi connectivity index (χ1n) is 9.30. The van der Waals surface area contributed by atoms with Crippen LogP contribution in [0, 0.1) is 5.92 Å². The summed E-state index contributed by atoms with van der Waals surface area (Å²) in [6.07, 6.45) is 2.36. The number of methoxy groups -OCH3 is 2. The smallest absolute Gasteiger partial charge is 0.227 e. The fourth-order valence-electron chi connectivity index (χ4n) is 3.62. The number of rotatable bonds is 7. The molecule has 0 radical (unpaired) electrons. The van der Waals surface area contributed by atoms with E-state index in [1.54, 1.807) is 14.2 Å². The molecule has 2 aromatic rings. The molecule has 1 N–H and O–H groups in total. The molecule has 1 atom stereocenters. The zero-order chi connectivity index (χ0) is 19.2. The highest BCUT2D eigenvalue weighted by Gasteiger charge is 2.26. The SMILES string of the molecule is COc1ccc(CC(=O)N2CCC(Cc3ccc(CO)cc3)C2)cc1OC. The predicted octanol–water partition coefficient (Wildman–Crippen LogP) is 2.83. The van der Waals surface area contributed by atoms with Gasteiger partial charge in [0.05, 0.1) is 27.2 Å². The van der Waals surface area contributed by atoms with Crippen molar-refractivity contribution in [1.29, 1.82) is 0 Å². The second-order valence-corrected chi connectivity index (χ2v) is 7.04. The molecule has 1 saturated heterocycles. The van der Waals surface area contributed by atoms with Crippen molar-refractivity contribution in [3.63, 3.8) is 0 Å². The van der Waals surface area contributed by atoms with Crippen molar-refractivity contribution in [3.05, 3.63) is 59.2 Å². The number of nitrogens with zero attached hydrogens (tertiary/aromatic N) is 1. The largest absolute Gasteiger partial charge is 0.493 e. The van der Waals surface area contributed by atoms with E-state index in [1.807, 2.05) is 35.2 Å². The molecule has 2 aromatic carbocycles. The van der Waals surface area contributed by atoms with E-state index < -0.39 is 0 Å². The van der Waals surface area contributed by atoms with E-state index in [1.165, 1.54) is 5.56 Å². The third-order valence-corrected chi connectivity index (χ3v) is 5.17. The van der Waals surface area contributed by atoms with Gasteiger partial charge in [-0.15, -0.1) is 0 Å². The zero-order valence-corrected chi connectivity index (χ0v) is 16.0. The third-order valence-electron chi connectivity index (χ3n) is 5.17. The lowest BCUT2D eigenvalue weighted by molar-refractivity contribution is -0.129. The van der Waals surface area contributed by atoms with Crippen LogP contribution in [0.3, 0.4) is 0 Å². The van der Waals surface area contributed by atoms with Crippen LogP contribution in [0.4, 0.5) is 0 Å². The van der Waals surface area contributed by atoms with Crippen molar-refractivity contribution in [1.82, 2.24) is 4.90 Å². The van der Waals surface area contributed by atoms with Crippen molar-refractivity contribution >= 4 is 5.91 Å². The van der Waals surface area contributed by atoms with Gasteiger partial charge in [-0.25, -0.2) is 0 Å². The van der Waals surface area contributed by atoms with E-state index in [4.69, 9.17) is 14.6 Å². The average Bonchev–Trinajstić information content (AvgIpc) is 3.17. The monoisotopic (exact) mass is 369 g/mol. The first-order chi connectivity index (χ1) is 13.1. The Kier molecular flexibility index (Phi) is 6.35. The van der Waals surface area contributed by atoms with Crippen LogP contribution in [-0.2, 0) is 24.2 Å². The van der Waals surface area contributed by atoms with Gasteiger partial charge in [-0.05, 0) is 47.6 Å². The maximum absolute atomic E-state index is 12.7. The zero-order valence-electron chi connectivity index (χ0n) is 16.0. The van der Waals surface area contributed by atoms with E-state index in [9.17, 15) is 4.79 Å². The van der Waals surface area contributed by atoms with E-state index >= 15 is 0 Å². The van der Waals surface area contributed by atoms with Gasteiger partial charge in [0.1, 0.15) is 0 Å². The van der Waals surface area contributed by atoms with Gasteiger partial charge < -0.3 is 19.5 Å². The van der Waals surface area contributed by atoms with Crippen LogP contribution in [0.2, 0.25) is 0 Å². The fourth-order valence-corrected chi connectivity index (χ4v) is 3.62. The number of hydrogen-bond donors (Lipinski definition) is 1. The van der Waals surface area contributed by atoms with Crippen molar-refractivity contribution < 1.29 is 19.4 Å². The number of likely N-dealkylation sites (tertiary alicyclic amines) is 1. The molecule has 0 aliphatic carbocycles. The summed E-state index contributed by atoms with van der Waals surface area (Å²) in [5, 5.41) is 9.13. The minimum Gasteiger partial charge on any atom is -0.493 e. The van der Waals surface area contributed by atoms with E-state index in [-0.39, 0.29) is 12.5 Å². The Hall–Kier alpha value is -2.53. The van der Waals surface area contributed by atoms with Gasteiger partial charge in [0.15, 0.2) is 11.5 Å². The summed E-state index contributed by atoms with van der Waals surface area (Å²) in [5.41, 5.74) is 3.11. The van der Waals surface area contributed by atoms with Crippen LogP contribution in [-0.4, -0.2) is 43.2 Å². The molecule has 1 aliphatic rings. The second kappa shape index (κ2) is 8.91. The average molecular weight is 369 g/mol. The van der Waals surface area contributed by atoms with Crippen molar-refractivity contribution in [2.24, 2.45) is 5.92 Å². The Morgan fingerprint density at radius 3 is 2.37 bits per heavy atom. The Morgan fingerprint density at radius 2 is 1.70 bits per heavy atom. The van der Waals surface area contributed by atoms with Crippen LogP contribution in [0.25, 0.3) is 0 Å². The highest BCUT2D eigenvalue weighted by atomic mass is 16.5. The summed E-state index contributed by atoms with van der Waals surface area (Å²) in [4.78, 5) is 14.6. The van der Waals surface area contributed by atoms with Crippen LogP contribution < -0.4 is 9.47 Å². The summed E-state index contributed by atoms with van der Waals surface area (Å²) in [6.45, 7) is 1.68. The third kappa shape index (κ3) is 4.80. The number of aliphatic hydroxyl groups excluding tert-OH is 1. The molecule has 0 spiro atoms. The van der Waals surface area contributed by atoms with Crippen molar-refractivity contribution in [2.75, 3.05) is 27.3 Å². The van der Waals surface area contributed by atoms with E-state index in [0.29, 0.717) is 23.8 Å². The summed E-state index contributed by atoms with van der Waals surface area (Å²) < 4.78 is 10.6. The predicted molar refractivity (Wildman–Crippen MR) is 104 cm³/mol. The van der Waals surface area contributed by atoms with Gasteiger partial charge in [-0.3, -0.25) is 4.79 Å². The van der Waals surface area contributed by atoms with Gasteiger partial charge in [0.2, 0.25) is 5.91 Å². The van der Waals surface area contributed by atoms with Gasteiger partial charge in [0, 0.05) is 13.1 Å². The molecule has 1 aliphatic heterocycles. The molecule has 0 aromatic heterocycles. The van der Waals surface area contributed by atoms with Crippen LogP contribution in [0.5, 0.6) is 11.5 Å². The fraction of sp³-hybridized carbons (Fsp3) is 0.409. The van der Waals surface area contributed by atoms with Gasteiger partial charge in [-0.1, -0.05) is 30.3 Å². The minimum absolute atomic E-state index is 0.0716. The molecule has 3 rings (SSSR count). The highest BCUT2D eigenvalue weighted by molar-refractivity contribution is 5.79. The van der Waals surface area contributed by atoms with Crippen LogP contribution >= 0.6 is 0 Å². The number of benzene rings is 2. The van der Waals surface area contributed by atoms with Crippen molar-refractivity contribution in [2.45, 2.75) is 25.9 Å². The molecule has 5 heteroatoms. The topological polar surface area (TPSA) is 59.0 Å². The normalized spacial score (nSPS) is 16.4. The summed E-state index contributed by atoms with van der Waals surface area (Å²) >= 11 is 0. The quantitative estimate of drug-likeness (QED) is 0.815. The molecule has 1 amide bonds. The molecule has 0 bridgehead atoms. The molecule has 5 nitrogen and oxygen atoms in total. The van der Waals surface area contributed by atoms with Gasteiger partial charge >= 0.3 is 0 Å². The minimum atomic E-state index is 0.0716. The molecule has 144 valence electrons. The van der Waals surface area contributed by atoms with Gasteiger partial charge in [-0.2, -0.15) is 0 Å². The molecule has 1 unspecified atom stereocenters. The molecular formula is C22H27NO4. The lowest BCUT2D eigenvalue weighted by atomic mass is 9.98. The number of carbonyl (C=O) groups is 1. The number of aliphatic hydroxyl groups is 1. The van der Waals surface area contributed by atoms with E-state index in [2.05, 4.69) is 12.1 Å². The maximum Gasteiger partial charge on any atom is 0.227 e. The summed E-state index contributed by atoms with van der Waals surface area (Å²) in [6, 6.07) is 13.7. The molecular weight excluding hydrogens is 342 g/mol. The Morgan fingerprint density at radius 1 is 1.04 bits per heavy atom. The van der Waals surface area contributed by atoms with Gasteiger partial charge in [0.25, 0.3) is 0 Å². The van der Waals surface area contributed by atoms with E-state index in [0.717, 1.165) is 37.1 Å². The molecule has 1 fully saturated rings. The first-order valence-corrected chi connectivity index (χ1v) is 9.30. The van der Waals surface area contributed by atoms with Crippen LogP contribution in [0.15, 0.2) is 42.5 Å². The second-order valence-electron chi connectivity index (χ2n) is 7.04. The lowest BCUT2D eigenvalue weighted by Crippen LogP contribution is -2.30. The highest BCUT2D eigenvalue weighted by Crippen LogP contribution is 2.28. The van der Waals surface area contributed by atoms with Crippen LogP contribution in [0.1, 0.15) is 23.1 Å². The number of carbonyl (C=O) groups excluding carboxylic acids is 1. The Bertz CT molecular complexity index is 772. The summed E-state index contributed by atoms with van der Waals surface area (Å²) in [5.74, 6) is 1.95. The maximum atomic E-state index is 12.7. The van der Waals surface area contributed by atoms with Crippen molar-refractivity contribution in [3.8, 4) is 11.5 Å². The number of ether oxygens (including phenoxy) is 2. The summed E-state index contributed by atoms with van der Waals surface area (Å²) in [7, 11) is 3.20. The molecule has 1 heterocycles. The standard InChI is InChI=1S/C22H27NO4/c1-26-20-8-7-18(12-21(20)27-2)13-22(25)23-10-9-19(14-23)11-16-3-5-17(15-24)6-4-16/h3-8,12,19,24H,9-11,13-15H2,1-2H3. The Labute approximate surface area is 160 Å². The number of amides is 1. The molecule has 27 heavy (non-hydrogen) atoms. The lowest BCUT2D eigenvalue weighted by Gasteiger charge is -2.17.